The summed E-state index contributed by atoms with van der Waals surface area (Å²) in [5, 5.41) is 4.06. The average Bonchev–Trinajstić information content (AvgIpc) is 3.01. The van der Waals surface area contributed by atoms with Crippen LogP contribution in [0.1, 0.15) is 30.1 Å². The van der Waals surface area contributed by atoms with Crippen molar-refractivity contribution < 1.29 is 4.79 Å². The van der Waals surface area contributed by atoms with Gasteiger partial charge in [-0.05, 0) is 30.9 Å². The molecule has 0 atom stereocenters. The number of carbonyl (C=O) groups excluding carboxylic acids is 1. The van der Waals surface area contributed by atoms with E-state index in [1.807, 2.05) is 4.90 Å². The van der Waals surface area contributed by atoms with Crippen LogP contribution in [0.25, 0.3) is 5.82 Å². The van der Waals surface area contributed by atoms with Crippen molar-refractivity contribution in [3.8, 4) is 5.82 Å². The van der Waals surface area contributed by atoms with Gasteiger partial charge in [0.1, 0.15) is 12.7 Å². The summed E-state index contributed by atoms with van der Waals surface area (Å²) in [4.78, 5) is 22.7. The number of hydrogen-bond acceptors (Lipinski definition) is 4. The lowest BCUT2D eigenvalue weighted by molar-refractivity contribution is 0.0696. The van der Waals surface area contributed by atoms with Gasteiger partial charge in [0.15, 0.2) is 5.82 Å². The van der Waals surface area contributed by atoms with E-state index in [0.717, 1.165) is 25.9 Å². The number of amides is 1. The van der Waals surface area contributed by atoms with Gasteiger partial charge < -0.3 is 4.90 Å². The number of likely N-dealkylation sites (tertiary alicyclic amines) is 1. The first kappa shape index (κ1) is 12.8. The van der Waals surface area contributed by atoms with E-state index >= 15 is 0 Å². The molecule has 1 aliphatic heterocycles. The molecule has 0 aliphatic carbocycles. The average molecular weight is 271 g/mol. The molecule has 3 heterocycles. The molecule has 0 aromatic carbocycles. The predicted molar refractivity (Wildman–Crippen MR) is 73.5 cm³/mol. The maximum absolute atomic E-state index is 12.6. The number of aromatic nitrogens is 4. The minimum absolute atomic E-state index is 0.0236. The van der Waals surface area contributed by atoms with Gasteiger partial charge in [-0.2, -0.15) is 5.10 Å². The molecule has 1 amide bonds. The van der Waals surface area contributed by atoms with Crippen LogP contribution in [-0.2, 0) is 0 Å². The minimum atomic E-state index is 0.0236. The highest BCUT2D eigenvalue weighted by molar-refractivity contribution is 5.97. The molecule has 1 fully saturated rings. The predicted octanol–water partition coefficient (Wildman–Crippen LogP) is 1.53. The van der Waals surface area contributed by atoms with Gasteiger partial charge >= 0.3 is 0 Å². The highest BCUT2D eigenvalue weighted by atomic mass is 16.2. The lowest BCUT2D eigenvalue weighted by atomic mass is 9.99. The van der Waals surface area contributed by atoms with Crippen LogP contribution in [-0.4, -0.2) is 43.6 Å². The monoisotopic (exact) mass is 271 g/mol. The van der Waals surface area contributed by atoms with Gasteiger partial charge in [0, 0.05) is 19.3 Å². The fourth-order valence-corrected chi connectivity index (χ4v) is 2.45. The summed E-state index contributed by atoms with van der Waals surface area (Å²) in [5.41, 5.74) is 0.576. The Hall–Kier alpha value is -2.24. The summed E-state index contributed by atoms with van der Waals surface area (Å²) in [6, 6.07) is 3.57. The number of nitrogens with zero attached hydrogens (tertiary/aromatic N) is 5. The Morgan fingerprint density at radius 1 is 1.35 bits per heavy atom. The highest BCUT2D eigenvalue weighted by Crippen LogP contribution is 2.20. The molecule has 20 heavy (non-hydrogen) atoms. The first-order valence-corrected chi connectivity index (χ1v) is 6.85. The van der Waals surface area contributed by atoms with Crippen molar-refractivity contribution in [1.82, 2.24) is 24.6 Å². The lowest BCUT2D eigenvalue weighted by Crippen LogP contribution is -2.38. The quantitative estimate of drug-likeness (QED) is 0.831. The molecular formula is C14H17N5O. The van der Waals surface area contributed by atoms with Crippen molar-refractivity contribution in [3.05, 3.63) is 36.5 Å². The molecule has 104 valence electrons. The van der Waals surface area contributed by atoms with Crippen LogP contribution in [0.4, 0.5) is 0 Å². The van der Waals surface area contributed by atoms with Crippen LogP contribution in [0.3, 0.4) is 0 Å². The van der Waals surface area contributed by atoms with Gasteiger partial charge in [-0.1, -0.05) is 6.92 Å². The Labute approximate surface area is 117 Å². The Morgan fingerprint density at radius 2 is 2.15 bits per heavy atom. The molecule has 3 rings (SSSR count). The van der Waals surface area contributed by atoms with Crippen LogP contribution in [0.5, 0.6) is 0 Å². The van der Waals surface area contributed by atoms with Crippen LogP contribution in [0.15, 0.2) is 31.0 Å². The van der Waals surface area contributed by atoms with Crippen LogP contribution >= 0.6 is 0 Å². The molecule has 0 radical (unpaired) electrons. The molecule has 0 N–H and O–H groups in total. The van der Waals surface area contributed by atoms with Crippen molar-refractivity contribution in [2.75, 3.05) is 13.1 Å². The van der Waals surface area contributed by atoms with Crippen LogP contribution in [0.2, 0.25) is 0 Å². The Bertz CT molecular complexity index is 587. The third-order valence-electron chi connectivity index (χ3n) is 3.72. The van der Waals surface area contributed by atoms with Crippen molar-refractivity contribution >= 4 is 5.91 Å². The van der Waals surface area contributed by atoms with Crippen molar-refractivity contribution in [3.63, 3.8) is 0 Å². The Morgan fingerprint density at radius 3 is 2.85 bits per heavy atom. The molecule has 6 heteroatoms. The normalized spacial score (nSPS) is 16.4. The van der Waals surface area contributed by atoms with Crippen LogP contribution < -0.4 is 0 Å². The SMILES string of the molecule is CC1CCN(C(=O)c2cccnc2-n2cncn2)CC1. The third-order valence-corrected chi connectivity index (χ3v) is 3.72. The van der Waals surface area contributed by atoms with Crippen LogP contribution in [0, 0.1) is 5.92 Å². The molecule has 0 bridgehead atoms. The van der Waals surface area contributed by atoms with Crippen molar-refractivity contribution in [2.24, 2.45) is 5.92 Å². The van der Waals surface area contributed by atoms with Crippen molar-refractivity contribution in [1.29, 1.82) is 0 Å². The number of piperidine rings is 1. The summed E-state index contributed by atoms with van der Waals surface area (Å²) < 4.78 is 1.53. The lowest BCUT2D eigenvalue weighted by Gasteiger charge is -2.30. The zero-order valence-electron chi connectivity index (χ0n) is 11.4. The van der Waals surface area contributed by atoms with E-state index in [4.69, 9.17) is 0 Å². The third kappa shape index (κ3) is 2.41. The minimum Gasteiger partial charge on any atom is -0.339 e. The van der Waals surface area contributed by atoms with Gasteiger partial charge in [-0.25, -0.2) is 14.6 Å². The van der Waals surface area contributed by atoms with Gasteiger partial charge in [0.05, 0.1) is 5.56 Å². The fourth-order valence-electron chi connectivity index (χ4n) is 2.45. The number of hydrogen-bond donors (Lipinski definition) is 0. The summed E-state index contributed by atoms with van der Waals surface area (Å²) in [6.07, 6.45) is 6.77. The van der Waals surface area contributed by atoms with E-state index < -0.39 is 0 Å². The zero-order valence-corrected chi connectivity index (χ0v) is 11.4. The van der Waals surface area contributed by atoms with Crippen molar-refractivity contribution in [2.45, 2.75) is 19.8 Å². The van der Waals surface area contributed by atoms with Gasteiger partial charge in [-0.15, -0.1) is 0 Å². The second-order valence-electron chi connectivity index (χ2n) is 5.19. The number of carbonyl (C=O) groups is 1. The molecule has 0 spiro atoms. The summed E-state index contributed by atoms with van der Waals surface area (Å²) in [7, 11) is 0. The van der Waals surface area contributed by atoms with E-state index in [2.05, 4.69) is 22.0 Å². The standard InChI is InChI=1S/C14H17N5O/c1-11-4-7-18(8-5-11)14(20)12-3-2-6-16-13(12)19-10-15-9-17-19/h2-3,6,9-11H,4-5,7-8H2,1H3. The first-order valence-electron chi connectivity index (χ1n) is 6.85. The molecule has 2 aromatic rings. The fraction of sp³-hybridized carbons (Fsp3) is 0.429. The Kier molecular flexibility index (Phi) is 3.45. The van der Waals surface area contributed by atoms with E-state index in [0.29, 0.717) is 17.3 Å². The maximum Gasteiger partial charge on any atom is 0.257 e. The second kappa shape index (κ2) is 5.40. The van der Waals surface area contributed by atoms with E-state index in [1.165, 1.54) is 11.0 Å². The number of pyridine rings is 1. The molecule has 6 nitrogen and oxygen atoms in total. The largest absolute Gasteiger partial charge is 0.339 e. The molecule has 2 aromatic heterocycles. The summed E-state index contributed by atoms with van der Waals surface area (Å²) in [6.45, 7) is 3.85. The molecule has 1 saturated heterocycles. The molecular weight excluding hydrogens is 254 g/mol. The maximum atomic E-state index is 12.6. The van der Waals surface area contributed by atoms with Gasteiger partial charge in [0.2, 0.25) is 0 Å². The summed E-state index contributed by atoms with van der Waals surface area (Å²) >= 11 is 0. The molecule has 0 unspecified atom stereocenters. The number of rotatable bonds is 2. The smallest absolute Gasteiger partial charge is 0.257 e. The Balaban J connectivity index is 1.89. The van der Waals surface area contributed by atoms with E-state index in [1.54, 1.807) is 24.7 Å². The van der Waals surface area contributed by atoms with E-state index in [9.17, 15) is 4.79 Å². The molecule has 1 aliphatic rings. The second-order valence-corrected chi connectivity index (χ2v) is 5.19. The highest BCUT2D eigenvalue weighted by Gasteiger charge is 2.24. The summed E-state index contributed by atoms with van der Waals surface area (Å²) in [5.74, 6) is 1.26. The zero-order chi connectivity index (χ0) is 13.9. The molecule has 0 saturated carbocycles. The van der Waals surface area contributed by atoms with Gasteiger partial charge in [0.25, 0.3) is 5.91 Å². The topological polar surface area (TPSA) is 63.9 Å². The van der Waals surface area contributed by atoms with E-state index in [-0.39, 0.29) is 5.91 Å². The van der Waals surface area contributed by atoms with Gasteiger partial charge in [-0.3, -0.25) is 4.79 Å². The first-order chi connectivity index (χ1) is 9.75.